The maximum atomic E-state index is 13.6. The predicted octanol–water partition coefficient (Wildman–Crippen LogP) is 5.42. The highest BCUT2D eigenvalue weighted by Crippen LogP contribution is 2.38. The van der Waals surface area contributed by atoms with Gasteiger partial charge in [-0.3, -0.25) is 19.9 Å². The van der Waals surface area contributed by atoms with Crippen LogP contribution in [0, 0.1) is 15.9 Å². The minimum Gasteiger partial charge on any atom is -0.298 e. The number of aromatic nitrogens is 1. The van der Waals surface area contributed by atoms with Crippen LogP contribution in [0.2, 0.25) is 0 Å². The molecule has 0 saturated heterocycles. The van der Waals surface area contributed by atoms with Gasteiger partial charge in [0.2, 0.25) is 0 Å². The van der Waals surface area contributed by atoms with Gasteiger partial charge in [-0.2, -0.15) is 0 Å². The first kappa shape index (κ1) is 19.9. The minimum absolute atomic E-state index is 0.0228. The second-order valence-electron chi connectivity index (χ2n) is 7.84. The van der Waals surface area contributed by atoms with Gasteiger partial charge in [0.25, 0.3) is 5.69 Å². The normalized spacial score (nSPS) is 12.8. The van der Waals surface area contributed by atoms with E-state index in [1.165, 1.54) is 18.2 Å². The van der Waals surface area contributed by atoms with Gasteiger partial charge in [0.05, 0.1) is 10.6 Å². The lowest BCUT2D eigenvalue weighted by Gasteiger charge is -2.20. The van der Waals surface area contributed by atoms with Gasteiger partial charge in [0.1, 0.15) is 5.82 Å². The van der Waals surface area contributed by atoms with Crippen LogP contribution >= 0.6 is 0 Å². The molecule has 6 heteroatoms. The summed E-state index contributed by atoms with van der Waals surface area (Å²) >= 11 is 0. The fourth-order valence-corrected chi connectivity index (χ4v) is 4.29. The summed E-state index contributed by atoms with van der Waals surface area (Å²) in [5, 5.41) is 11.5. The summed E-state index contributed by atoms with van der Waals surface area (Å²) in [5.41, 5.74) is 6.11. The Morgan fingerprint density at radius 3 is 2.47 bits per heavy atom. The molecule has 0 N–H and O–H groups in total. The minimum atomic E-state index is -0.350. The molecule has 4 rings (SSSR count). The zero-order chi connectivity index (χ0) is 21.4. The van der Waals surface area contributed by atoms with Crippen LogP contribution in [-0.4, -0.2) is 16.2 Å². The number of rotatable bonds is 4. The molecule has 152 valence electrons. The average Bonchev–Trinajstić information content (AvgIpc) is 2.91. The second kappa shape index (κ2) is 7.78. The van der Waals surface area contributed by atoms with E-state index in [0.717, 1.165) is 34.2 Å². The molecule has 1 aromatic heterocycles. The van der Waals surface area contributed by atoms with E-state index in [-0.39, 0.29) is 22.3 Å². The van der Waals surface area contributed by atoms with Crippen LogP contribution in [0.15, 0.2) is 42.5 Å². The molecule has 0 atom stereocenters. The van der Waals surface area contributed by atoms with E-state index in [9.17, 15) is 19.3 Å². The van der Waals surface area contributed by atoms with Crippen LogP contribution in [0.5, 0.6) is 0 Å². The molecule has 0 amide bonds. The van der Waals surface area contributed by atoms with Crippen LogP contribution in [0.25, 0.3) is 11.1 Å². The number of nitro benzene ring substituents is 1. The molecular formula is C24H21FN2O3. The molecule has 1 aliphatic carbocycles. The lowest BCUT2D eigenvalue weighted by molar-refractivity contribution is -0.385. The monoisotopic (exact) mass is 404 g/mol. The third-order valence-electron chi connectivity index (χ3n) is 5.67. The van der Waals surface area contributed by atoms with Crippen molar-refractivity contribution in [2.45, 2.75) is 39.0 Å². The van der Waals surface area contributed by atoms with Crippen LogP contribution in [-0.2, 0) is 19.3 Å². The van der Waals surface area contributed by atoms with Crippen LogP contribution in [0.4, 0.5) is 10.1 Å². The van der Waals surface area contributed by atoms with E-state index in [1.54, 1.807) is 18.2 Å². The Morgan fingerprint density at radius 1 is 1.10 bits per heavy atom. The number of benzene rings is 2. The number of fused-ring (bicyclic) bond motifs is 2. The SMILES string of the molecule is CC(C)c1nc2c(c(-c3ccc(F)cc3)c1C=O)Cc1cccc([N+](=O)[O-])c1CC2. The molecule has 1 aliphatic rings. The van der Waals surface area contributed by atoms with Gasteiger partial charge in [-0.1, -0.05) is 38.1 Å². The number of hydrogen-bond acceptors (Lipinski definition) is 4. The van der Waals surface area contributed by atoms with Crippen LogP contribution < -0.4 is 0 Å². The fourth-order valence-electron chi connectivity index (χ4n) is 4.29. The standard InChI is InChI=1S/C24H21FN2O3/c1-14(2)24-20(13-28)23(15-6-8-17(25)9-7-15)19-12-16-4-3-5-22(27(29)30)18(16)10-11-21(19)26-24/h3-9,13-14H,10-12H2,1-2H3. The van der Waals surface area contributed by atoms with E-state index < -0.39 is 0 Å². The van der Waals surface area contributed by atoms with Crippen molar-refractivity contribution in [3.63, 3.8) is 0 Å². The average molecular weight is 404 g/mol. The van der Waals surface area contributed by atoms with Crippen molar-refractivity contribution in [1.82, 2.24) is 4.98 Å². The molecule has 0 saturated carbocycles. The summed E-state index contributed by atoms with van der Waals surface area (Å²) in [4.78, 5) is 28.2. The Morgan fingerprint density at radius 2 is 1.83 bits per heavy atom. The molecule has 1 heterocycles. The highest BCUT2D eigenvalue weighted by Gasteiger charge is 2.27. The lowest BCUT2D eigenvalue weighted by atomic mass is 9.87. The Kier molecular flexibility index (Phi) is 5.16. The maximum Gasteiger partial charge on any atom is 0.272 e. The molecule has 2 aromatic carbocycles. The number of nitrogens with zero attached hydrogens (tertiary/aromatic N) is 2. The first-order valence-corrected chi connectivity index (χ1v) is 9.92. The van der Waals surface area contributed by atoms with Gasteiger partial charge in [0, 0.05) is 29.3 Å². The summed E-state index contributed by atoms with van der Waals surface area (Å²) in [5.74, 6) is -0.328. The number of pyridine rings is 1. The Labute approximate surface area is 173 Å². The summed E-state index contributed by atoms with van der Waals surface area (Å²) in [7, 11) is 0. The van der Waals surface area contributed by atoms with Gasteiger partial charge < -0.3 is 0 Å². The number of carbonyl (C=O) groups is 1. The van der Waals surface area contributed by atoms with Crippen LogP contribution in [0.3, 0.4) is 0 Å². The number of halogens is 1. The second-order valence-corrected chi connectivity index (χ2v) is 7.84. The maximum absolute atomic E-state index is 13.6. The van der Waals surface area contributed by atoms with Crippen molar-refractivity contribution < 1.29 is 14.1 Å². The molecule has 0 fully saturated rings. The van der Waals surface area contributed by atoms with Crippen molar-refractivity contribution in [1.29, 1.82) is 0 Å². The van der Waals surface area contributed by atoms with E-state index in [4.69, 9.17) is 4.98 Å². The third kappa shape index (κ3) is 3.38. The zero-order valence-electron chi connectivity index (χ0n) is 16.8. The van der Waals surface area contributed by atoms with E-state index in [2.05, 4.69) is 0 Å². The van der Waals surface area contributed by atoms with Gasteiger partial charge in [-0.25, -0.2) is 4.39 Å². The Balaban J connectivity index is 2.01. The highest BCUT2D eigenvalue weighted by molar-refractivity contribution is 5.91. The number of aryl methyl sites for hydroxylation is 1. The van der Waals surface area contributed by atoms with Crippen molar-refractivity contribution >= 4 is 12.0 Å². The first-order valence-electron chi connectivity index (χ1n) is 9.92. The molecule has 5 nitrogen and oxygen atoms in total. The number of hydrogen-bond donors (Lipinski definition) is 0. The Hall–Kier alpha value is -3.41. The van der Waals surface area contributed by atoms with Gasteiger partial charge in [-0.15, -0.1) is 0 Å². The molecule has 3 aromatic rings. The number of carbonyl (C=O) groups excluding carboxylic acids is 1. The summed E-state index contributed by atoms with van der Waals surface area (Å²) in [6, 6.07) is 11.2. The third-order valence-corrected chi connectivity index (χ3v) is 5.67. The summed E-state index contributed by atoms with van der Waals surface area (Å²) < 4.78 is 13.6. The lowest BCUT2D eigenvalue weighted by Crippen LogP contribution is -2.10. The van der Waals surface area contributed by atoms with Crippen molar-refractivity contribution in [2.24, 2.45) is 0 Å². The molecule has 30 heavy (non-hydrogen) atoms. The predicted molar refractivity (Wildman–Crippen MR) is 112 cm³/mol. The van der Waals surface area contributed by atoms with E-state index >= 15 is 0 Å². The van der Waals surface area contributed by atoms with Crippen LogP contribution in [0.1, 0.15) is 58.2 Å². The largest absolute Gasteiger partial charge is 0.298 e. The van der Waals surface area contributed by atoms with Gasteiger partial charge in [0.15, 0.2) is 6.29 Å². The van der Waals surface area contributed by atoms with Crippen molar-refractivity contribution in [3.05, 3.63) is 92.0 Å². The molecule has 0 spiro atoms. The topological polar surface area (TPSA) is 73.1 Å². The van der Waals surface area contributed by atoms with E-state index in [1.807, 2.05) is 19.9 Å². The molecule has 0 unspecified atom stereocenters. The Bertz CT molecular complexity index is 1150. The zero-order valence-corrected chi connectivity index (χ0v) is 16.8. The van der Waals surface area contributed by atoms with Crippen molar-refractivity contribution in [2.75, 3.05) is 0 Å². The van der Waals surface area contributed by atoms with Crippen molar-refractivity contribution in [3.8, 4) is 11.1 Å². The number of aldehydes is 1. The smallest absolute Gasteiger partial charge is 0.272 e. The van der Waals surface area contributed by atoms with E-state index in [0.29, 0.717) is 36.1 Å². The van der Waals surface area contributed by atoms with Gasteiger partial charge in [-0.05, 0) is 53.1 Å². The molecule has 0 bridgehead atoms. The van der Waals surface area contributed by atoms with Gasteiger partial charge >= 0.3 is 0 Å². The quantitative estimate of drug-likeness (QED) is 0.331. The molecular weight excluding hydrogens is 383 g/mol. The summed E-state index contributed by atoms with van der Waals surface area (Å²) in [6.07, 6.45) is 2.30. The summed E-state index contributed by atoms with van der Waals surface area (Å²) in [6.45, 7) is 3.96. The first-order chi connectivity index (χ1) is 14.4. The molecule has 0 aliphatic heterocycles. The molecule has 0 radical (unpaired) electrons. The fraction of sp³-hybridized carbons (Fsp3) is 0.250. The highest BCUT2D eigenvalue weighted by atomic mass is 19.1. The number of nitro groups is 1.